The topological polar surface area (TPSA) is 108 Å². The second kappa shape index (κ2) is 13.2. The molecular formula is C29H28O8S. The van der Waals surface area contributed by atoms with E-state index in [-0.39, 0.29) is 17.7 Å². The van der Waals surface area contributed by atoms with E-state index in [0.717, 1.165) is 0 Å². The van der Waals surface area contributed by atoms with Gasteiger partial charge in [0.05, 0.1) is 16.7 Å². The van der Waals surface area contributed by atoms with Gasteiger partial charge in [-0.2, -0.15) is 0 Å². The van der Waals surface area contributed by atoms with Gasteiger partial charge in [-0.15, -0.1) is 11.8 Å². The molecular weight excluding hydrogens is 508 g/mol. The Balaban J connectivity index is 1.61. The Morgan fingerprint density at radius 3 is 1.66 bits per heavy atom. The molecule has 3 aromatic rings. The number of ether oxygens (including phenoxy) is 4. The third-order valence-corrected chi connectivity index (χ3v) is 6.89. The van der Waals surface area contributed by atoms with Crippen LogP contribution in [0.5, 0.6) is 0 Å². The zero-order valence-electron chi connectivity index (χ0n) is 20.7. The number of esters is 3. The number of carbonyl (C=O) groups is 3. The van der Waals surface area contributed by atoms with Crippen LogP contribution >= 0.6 is 11.8 Å². The van der Waals surface area contributed by atoms with Crippen LogP contribution in [-0.2, 0) is 18.9 Å². The smallest absolute Gasteiger partial charge is 0.338 e. The van der Waals surface area contributed by atoms with E-state index in [1.165, 1.54) is 11.8 Å². The number of rotatable bonds is 9. The van der Waals surface area contributed by atoms with Gasteiger partial charge in [-0.3, -0.25) is 0 Å². The number of carbonyl (C=O) groups excluding carboxylic acids is 3. The SMILES string of the molecule is CCSC1OC(COC(=O)c2ccccc2)C(OC(=O)c2ccccc2)C(OC(=O)c2ccccc2)C1O. The number of hydrogen-bond acceptors (Lipinski definition) is 9. The molecule has 5 atom stereocenters. The summed E-state index contributed by atoms with van der Waals surface area (Å²) in [6.07, 6.45) is -4.88. The van der Waals surface area contributed by atoms with E-state index in [1.807, 2.05) is 6.92 Å². The van der Waals surface area contributed by atoms with E-state index in [4.69, 9.17) is 18.9 Å². The van der Waals surface area contributed by atoms with E-state index in [2.05, 4.69) is 0 Å². The summed E-state index contributed by atoms with van der Waals surface area (Å²) < 4.78 is 23.1. The molecule has 1 aliphatic rings. The Bertz CT molecular complexity index is 1210. The van der Waals surface area contributed by atoms with Gasteiger partial charge in [0.2, 0.25) is 0 Å². The molecule has 5 unspecified atom stereocenters. The van der Waals surface area contributed by atoms with Gasteiger partial charge in [0.15, 0.2) is 12.2 Å². The number of aliphatic hydroxyl groups excluding tert-OH is 1. The van der Waals surface area contributed by atoms with Crippen LogP contribution in [-0.4, -0.2) is 65.2 Å². The minimum atomic E-state index is -1.32. The lowest BCUT2D eigenvalue weighted by Crippen LogP contribution is -2.60. The largest absolute Gasteiger partial charge is 0.459 e. The monoisotopic (exact) mass is 536 g/mol. The minimum Gasteiger partial charge on any atom is -0.459 e. The number of thioether (sulfide) groups is 1. The molecule has 1 N–H and O–H groups in total. The van der Waals surface area contributed by atoms with Crippen molar-refractivity contribution in [2.75, 3.05) is 12.4 Å². The van der Waals surface area contributed by atoms with Gasteiger partial charge in [0.25, 0.3) is 0 Å². The molecule has 1 fully saturated rings. The fourth-order valence-corrected chi connectivity index (χ4v) is 4.86. The Labute approximate surface area is 224 Å². The summed E-state index contributed by atoms with van der Waals surface area (Å²) in [6.45, 7) is 1.59. The first kappa shape index (κ1) is 27.4. The predicted molar refractivity (Wildman–Crippen MR) is 141 cm³/mol. The van der Waals surface area contributed by atoms with Crippen molar-refractivity contribution >= 4 is 29.7 Å². The van der Waals surface area contributed by atoms with Crippen LogP contribution in [0.1, 0.15) is 38.0 Å². The highest BCUT2D eigenvalue weighted by Gasteiger charge is 2.50. The quantitative estimate of drug-likeness (QED) is 0.319. The van der Waals surface area contributed by atoms with Gasteiger partial charge in [-0.05, 0) is 42.2 Å². The molecule has 8 nitrogen and oxygen atoms in total. The Kier molecular flexibility index (Phi) is 9.53. The fraction of sp³-hybridized carbons (Fsp3) is 0.276. The molecule has 1 saturated heterocycles. The molecule has 3 aromatic carbocycles. The molecule has 1 heterocycles. The Morgan fingerprint density at radius 1 is 0.737 bits per heavy atom. The molecule has 0 spiro atoms. The highest BCUT2D eigenvalue weighted by molar-refractivity contribution is 7.99. The summed E-state index contributed by atoms with van der Waals surface area (Å²) >= 11 is 1.29. The molecule has 38 heavy (non-hydrogen) atoms. The standard InChI is InChI=1S/C29H28O8S/c1-2-38-29-23(30)25(37-28(33)21-16-10-5-11-17-21)24(36-27(32)20-14-8-4-9-15-20)22(35-29)18-34-26(31)19-12-6-3-7-13-19/h3-17,22-25,29-30H,2,18H2,1H3. The second-order valence-corrected chi connectivity index (χ2v) is 9.80. The van der Waals surface area contributed by atoms with Crippen LogP contribution < -0.4 is 0 Å². The molecule has 0 radical (unpaired) electrons. The molecule has 0 amide bonds. The summed E-state index contributed by atoms with van der Waals surface area (Å²) in [4.78, 5) is 38.6. The average Bonchev–Trinajstić information content (AvgIpc) is 2.96. The maximum Gasteiger partial charge on any atom is 0.338 e. The number of hydrogen-bond donors (Lipinski definition) is 1. The summed E-state index contributed by atoms with van der Waals surface area (Å²) in [5.74, 6) is -1.40. The second-order valence-electron chi connectivity index (χ2n) is 8.43. The van der Waals surface area contributed by atoms with Crippen LogP contribution in [0, 0.1) is 0 Å². The lowest BCUT2D eigenvalue weighted by atomic mass is 9.99. The highest BCUT2D eigenvalue weighted by Crippen LogP contribution is 2.33. The summed E-state index contributed by atoms with van der Waals surface area (Å²) in [6, 6.07) is 25.0. The van der Waals surface area contributed by atoms with Crippen molar-refractivity contribution < 1.29 is 38.4 Å². The maximum atomic E-state index is 13.0. The lowest BCUT2D eigenvalue weighted by molar-refractivity contribution is -0.206. The zero-order chi connectivity index (χ0) is 26.9. The summed E-state index contributed by atoms with van der Waals surface area (Å²) in [7, 11) is 0. The molecule has 0 saturated carbocycles. The van der Waals surface area contributed by atoms with Crippen molar-refractivity contribution in [2.24, 2.45) is 0 Å². The fourth-order valence-electron chi connectivity index (χ4n) is 3.95. The van der Waals surface area contributed by atoms with E-state index >= 15 is 0 Å². The predicted octanol–water partition coefficient (Wildman–Crippen LogP) is 4.13. The normalized spacial score (nSPS) is 22.7. The lowest BCUT2D eigenvalue weighted by Gasteiger charge is -2.43. The van der Waals surface area contributed by atoms with E-state index in [0.29, 0.717) is 11.3 Å². The van der Waals surface area contributed by atoms with Crippen LogP contribution in [0.3, 0.4) is 0 Å². The van der Waals surface area contributed by atoms with Crippen molar-refractivity contribution in [3.8, 4) is 0 Å². The van der Waals surface area contributed by atoms with Crippen molar-refractivity contribution in [2.45, 2.75) is 36.8 Å². The first-order chi connectivity index (χ1) is 18.5. The number of aliphatic hydroxyl groups is 1. The zero-order valence-corrected chi connectivity index (χ0v) is 21.5. The molecule has 9 heteroatoms. The van der Waals surface area contributed by atoms with Gasteiger partial charge in [0, 0.05) is 0 Å². The average molecular weight is 537 g/mol. The van der Waals surface area contributed by atoms with E-state index in [1.54, 1.807) is 91.0 Å². The molecule has 4 rings (SSSR count). The third-order valence-electron chi connectivity index (χ3n) is 5.84. The first-order valence-corrected chi connectivity index (χ1v) is 13.2. The van der Waals surface area contributed by atoms with Crippen LogP contribution in [0.2, 0.25) is 0 Å². The van der Waals surface area contributed by atoms with Crippen LogP contribution in [0.15, 0.2) is 91.0 Å². The molecule has 198 valence electrons. The third kappa shape index (κ3) is 6.80. The van der Waals surface area contributed by atoms with E-state index < -0.39 is 47.8 Å². The van der Waals surface area contributed by atoms with Gasteiger partial charge in [-0.1, -0.05) is 61.5 Å². The van der Waals surface area contributed by atoms with Crippen molar-refractivity contribution in [1.29, 1.82) is 0 Å². The van der Waals surface area contributed by atoms with Crippen LogP contribution in [0.4, 0.5) is 0 Å². The van der Waals surface area contributed by atoms with Crippen LogP contribution in [0.25, 0.3) is 0 Å². The van der Waals surface area contributed by atoms with Gasteiger partial charge >= 0.3 is 17.9 Å². The number of benzene rings is 3. The molecule has 1 aliphatic heterocycles. The molecule has 0 aromatic heterocycles. The Morgan fingerprint density at radius 2 is 1.18 bits per heavy atom. The minimum absolute atomic E-state index is 0.264. The van der Waals surface area contributed by atoms with Crippen molar-refractivity contribution in [3.05, 3.63) is 108 Å². The summed E-state index contributed by atoms with van der Waals surface area (Å²) in [5.41, 5.74) is 0.0553. The van der Waals surface area contributed by atoms with Gasteiger partial charge < -0.3 is 24.1 Å². The Hall–Kier alpha value is -3.66. The summed E-state index contributed by atoms with van der Waals surface area (Å²) in [5, 5.41) is 11.2. The molecule has 0 bridgehead atoms. The van der Waals surface area contributed by atoms with Crippen molar-refractivity contribution in [1.82, 2.24) is 0 Å². The maximum absolute atomic E-state index is 13.0. The van der Waals surface area contributed by atoms with Crippen molar-refractivity contribution in [3.63, 3.8) is 0 Å². The van der Waals surface area contributed by atoms with Gasteiger partial charge in [0.1, 0.15) is 24.3 Å². The van der Waals surface area contributed by atoms with E-state index in [9.17, 15) is 19.5 Å². The first-order valence-electron chi connectivity index (χ1n) is 12.2. The molecule has 0 aliphatic carbocycles. The highest BCUT2D eigenvalue weighted by atomic mass is 32.2. The van der Waals surface area contributed by atoms with Gasteiger partial charge in [-0.25, -0.2) is 14.4 Å².